The Morgan fingerprint density at radius 2 is 1.92 bits per heavy atom. The number of nitrogens with zero attached hydrogens (tertiary/aromatic N) is 1. The monoisotopic (exact) mass is 248 g/mol. The smallest absolute Gasteiger partial charge is 0.126 e. The lowest BCUT2D eigenvalue weighted by Gasteiger charge is -2.37. The van der Waals surface area contributed by atoms with Gasteiger partial charge in [-0.2, -0.15) is 0 Å². The zero-order valence-electron chi connectivity index (χ0n) is 8.43. The lowest BCUT2D eigenvalue weighted by atomic mass is 9.88. The van der Waals surface area contributed by atoms with Crippen molar-refractivity contribution in [2.24, 2.45) is 0 Å². The van der Waals surface area contributed by atoms with Crippen LogP contribution in [-0.4, -0.2) is 33.2 Å². The van der Waals surface area contributed by atoms with Gasteiger partial charge in [0.25, 0.3) is 0 Å². The van der Waals surface area contributed by atoms with Gasteiger partial charge in [-0.05, 0) is 27.7 Å². The minimum Gasteiger partial charge on any atom is -0.361 e. The number of morpholine rings is 1. The molecule has 0 amide bonds. The Labute approximate surface area is 87.1 Å². The van der Waals surface area contributed by atoms with Crippen molar-refractivity contribution in [3.8, 4) is 0 Å². The molecule has 2 heterocycles. The molecule has 2 fully saturated rings. The first-order valence-corrected chi connectivity index (χ1v) is 5.64. The molecule has 75 valence electrons. The predicted molar refractivity (Wildman–Crippen MR) is 52.1 cm³/mol. The summed E-state index contributed by atoms with van der Waals surface area (Å²) in [6, 6.07) is 0. The molecule has 0 saturated carbocycles. The molecule has 0 aromatic carbocycles. The van der Waals surface area contributed by atoms with E-state index in [-0.39, 0.29) is 11.7 Å². The minimum absolute atomic E-state index is 0.0758. The van der Waals surface area contributed by atoms with Crippen molar-refractivity contribution in [3.05, 3.63) is 0 Å². The van der Waals surface area contributed by atoms with Gasteiger partial charge >= 0.3 is 0 Å². The molecule has 13 heavy (non-hydrogen) atoms. The van der Waals surface area contributed by atoms with Crippen molar-refractivity contribution in [2.75, 3.05) is 5.33 Å². The van der Waals surface area contributed by atoms with Gasteiger partial charge in [-0.25, -0.2) is 0 Å². The van der Waals surface area contributed by atoms with Crippen LogP contribution in [0.25, 0.3) is 0 Å². The fourth-order valence-corrected chi connectivity index (χ4v) is 3.73. The number of alkyl halides is 1. The van der Waals surface area contributed by atoms with Crippen LogP contribution in [0.15, 0.2) is 0 Å². The molecule has 4 heteroatoms. The third-order valence-electron chi connectivity index (χ3n) is 3.60. The summed E-state index contributed by atoms with van der Waals surface area (Å²) in [6.07, 6.45) is 0.0758. The molecule has 1 radical (unpaired) electrons. The lowest BCUT2D eigenvalue weighted by Crippen LogP contribution is -2.53. The molecule has 0 aromatic rings. The standard InChI is InChI=1S/C9H15BrNO2/c1-7(2)6-9(5-10,13-6)8(3,4)11(7)12/h6H,5H2,1-4H3/t6-,9+/m1/s1. The minimum atomic E-state index is -0.426. The lowest BCUT2D eigenvalue weighted by molar-refractivity contribution is -0.275. The summed E-state index contributed by atoms with van der Waals surface area (Å²) in [5, 5.41) is 13.9. The van der Waals surface area contributed by atoms with E-state index in [2.05, 4.69) is 15.9 Å². The molecule has 2 aliphatic heterocycles. The Kier molecular flexibility index (Phi) is 1.75. The number of rotatable bonds is 1. The van der Waals surface area contributed by atoms with E-state index in [4.69, 9.17) is 4.74 Å². The zero-order valence-corrected chi connectivity index (χ0v) is 10.0. The average Bonchev–Trinajstić information content (AvgIpc) is 2.75. The fourth-order valence-electron chi connectivity index (χ4n) is 2.62. The molecule has 2 saturated heterocycles. The van der Waals surface area contributed by atoms with E-state index in [0.29, 0.717) is 0 Å². The maximum Gasteiger partial charge on any atom is 0.126 e. The molecule has 0 bridgehead atoms. The molecule has 3 nitrogen and oxygen atoms in total. The summed E-state index contributed by atoms with van der Waals surface area (Å²) < 4.78 is 5.70. The highest BCUT2D eigenvalue weighted by Crippen LogP contribution is 2.61. The van der Waals surface area contributed by atoms with E-state index in [1.165, 1.54) is 5.06 Å². The highest BCUT2D eigenvalue weighted by atomic mass is 79.9. The number of hydrogen-bond acceptors (Lipinski definition) is 2. The van der Waals surface area contributed by atoms with Gasteiger partial charge in [0.15, 0.2) is 0 Å². The van der Waals surface area contributed by atoms with Crippen molar-refractivity contribution in [2.45, 2.75) is 50.5 Å². The normalized spacial score (nSPS) is 46.2. The molecule has 0 aromatic heterocycles. The van der Waals surface area contributed by atoms with E-state index < -0.39 is 11.1 Å². The third-order valence-corrected chi connectivity index (χ3v) is 4.43. The Morgan fingerprint density at radius 3 is 2.15 bits per heavy atom. The SMILES string of the molecule is CC1(C)[C@H]2O[C@]2(CBr)C(C)(C)N1[O]. The maximum atomic E-state index is 12.0. The van der Waals surface area contributed by atoms with Gasteiger partial charge in [0, 0.05) is 5.33 Å². The van der Waals surface area contributed by atoms with Crippen LogP contribution in [0.1, 0.15) is 27.7 Å². The van der Waals surface area contributed by atoms with Crippen LogP contribution in [0, 0.1) is 0 Å². The van der Waals surface area contributed by atoms with E-state index in [1.54, 1.807) is 0 Å². The van der Waals surface area contributed by atoms with Crippen LogP contribution in [0.4, 0.5) is 0 Å². The van der Waals surface area contributed by atoms with Gasteiger partial charge in [0.1, 0.15) is 11.7 Å². The predicted octanol–water partition coefficient (Wildman–Crippen LogP) is 1.74. The third kappa shape index (κ3) is 0.856. The molecular formula is C9H15BrNO2. The summed E-state index contributed by atoms with van der Waals surface area (Å²) in [6.45, 7) is 7.81. The second-order valence-corrected chi connectivity index (χ2v) is 5.59. The zero-order chi connectivity index (χ0) is 10.1. The summed E-state index contributed by atoms with van der Waals surface area (Å²) in [5.41, 5.74) is -1.08. The number of epoxide rings is 1. The summed E-state index contributed by atoms with van der Waals surface area (Å²) in [4.78, 5) is 0. The molecule has 0 unspecified atom stereocenters. The largest absolute Gasteiger partial charge is 0.361 e. The first-order valence-electron chi connectivity index (χ1n) is 4.52. The average molecular weight is 249 g/mol. The highest BCUT2D eigenvalue weighted by Gasteiger charge is 2.79. The van der Waals surface area contributed by atoms with Crippen molar-refractivity contribution < 1.29 is 9.94 Å². The van der Waals surface area contributed by atoms with Crippen molar-refractivity contribution in [3.63, 3.8) is 0 Å². The van der Waals surface area contributed by atoms with Crippen LogP contribution in [0.5, 0.6) is 0 Å². The van der Waals surface area contributed by atoms with Gasteiger partial charge in [-0.3, -0.25) is 0 Å². The van der Waals surface area contributed by atoms with Crippen LogP contribution < -0.4 is 0 Å². The summed E-state index contributed by atoms with van der Waals surface area (Å²) >= 11 is 3.44. The Morgan fingerprint density at radius 1 is 1.38 bits per heavy atom. The molecular weight excluding hydrogens is 234 g/mol. The van der Waals surface area contributed by atoms with Crippen molar-refractivity contribution in [1.29, 1.82) is 0 Å². The Bertz CT molecular complexity index is 254. The number of fused-ring (bicyclic) bond motifs is 1. The van der Waals surface area contributed by atoms with Gasteiger partial charge in [-0.1, -0.05) is 15.9 Å². The molecule has 0 spiro atoms. The fraction of sp³-hybridized carbons (Fsp3) is 1.00. The summed E-state index contributed by atoms with van der Waals surface area (Å²) in [7, 11) is 0. The van der Waals surface area contributed by atoms with Gasteiger partial charge < -0.3 is 4.74 Å². The molecule has 0 N–H and O–H groups in total. The first-order chi connectivity index (χ1) is 5.80. The van der Waals surface area contributed by atoms with Crippen LogP contribution >= 0.6 is 15.9 Å². The quantitative estimate of drug-likeness (QED) is 0.524. The van der Waals surface area contributed by atoms with Crippen molar-refractivity contribution >= 4 is 15.9 Å². The maximum absolute atomic E-state index is 12.0. The molecule has 2 atom stereocenters. The summed E-state index contributed by atoms with van der Waals surface area (Å²) in [5.74, 6) is 0. The van der Waals surface area contributed by atoms with Crippen LogP contribution in [-0.2, 0) is 9.94 Å². The van der Waals surface area contributed by atoms with E-state index in [0.717, 1.165) is 5.33 Å². The number of halogens is 1. The molecule has 2 aliphatic rings. The number of hydrogen-bond donors (Lipinski definition) is 0. The van der Waals surface area contributed by atoms with Gasteiger partial charge in [0.2, 0.25) is 0 Å². The van der Waals surface area contributed by atoms with Crippen LogP contribution in [0.3, 0.4) is 0 Å². The topological polar surface area (TPSA) is 35.7 Å². The van der Waals surface area contributed by atoms with Gasteiger partial charge in [0.05, 0.1) is 11.1 Å². The number of ether oxygens (including phenoxy) is 1. The highest BCUT2D eigenvalue weighted by molar-refractivity contribution is 9.09. The first kappa shape index (κ1) is 9.90. The Hall–Kier alpha value is 0.360. The second-order valence-electron chi connectivity index (χ2n) is 5.03. The van der Waals surface area contributed by atoms with E-state index >= 15 is 0 Å². The van der Waals surface area contributed by atoms with Gasteiger partial charge in [-0.15, -0.1) is 10.3 Å². The van der Waals surface area contributed by atoms with E-state index in [1.807, 2.05) is 27.7 Å². The molecule has 0 aliphatic carbocycles. The Balaban J connectivity index is 2.41. The molecule has 2 rings (SSSR count). The van der Waals surface area contributed by atoms with Crippen molar-refractivity contribution in [1.82, 2.24) is 5.06 Å². The number of hydroxylamine groups is 2. The second kappa shape index (κ2) is 2.30. The van der Waals surface area contributed by atoms with E-state index in [9.17, 15) is 5.21 Å². The van der Waals surface area contributed by atoms with Crippen LogP contribution in [0.2, 0.25) is 0 Å².